The fraction of sp³-hybridized carbons (Fsp3) is 0.286. The largest absolute Gasteiger partial charge is 0.493 e. The highest BCUT2D eigenvalue weighted by atomic mass is 35.5. The molecule has 3 amide bonds. The van der Waals surface area contributed by atoms with Crippen LogP contribution in [0.5, 0.6) is 17.2 Å². The van der Waals surface area contributed by atoms with Crippen LogP contribution in [0.15, 0.2) is 72.8 Å². The van der Waals surface area contributed by atoms with Crippen molar-refractivity contribution in [3.63, 3.8) is 0 Å². The Bertz CT molecular complexity index is 1740. The molecule has 46 heavy (non-hydrogen) atoms. The average Bonchev–Trinajstić information content (AvgIpc) is 3.18. The normalized spacial score (nSPS) is 14.9. The number of nitrogens with one attached hydrogen (secondary N) is 2. The summed E-state index contributed by atoms with van der Waals surface area (Å²) in [6, 6.07) is 21.0. The zero-order valence-corrected chi connectivity index (χ0v) is 27.6. The monoisotopic (exact) mass is 646 g/mol. The van der Waals surface area contributed by atoms with Crippen LogP contribution in [0, 0.1) is 6.92 Å². The molecule has 0 aromatic heterocycles. The first kappa shape index (κ1) is 34.1. The van der Waals surface area contributed by atoms with Gasteiger partial charge in [0.2, 0.25) is 11.7 Å². The smallest absolute Gasteiger partial charge is 0.258 e. The molecule has 4 aromatic carbocycles. The molecule has 1 aliphatic heterocycles. The second-order valence-corrected chi connectivity index (χ2v) is 10.9. The second kappa shape index (κ2) is 14.5. The number of methoxy groups -OCH3 is 3. The Kier molecular flexibility index (Phi) is 10.8. The van der Waals surface area contributed by atoms with Crippen LogP contribution in [0.1, 0.15) is 28.4 Å². The molecule has 0 spiro atoms. The molecule has 242 valence electrons. The minimum atomic E-state index is -1.04. The number of halogens is 1. The third-order valence-electron chi connectivity index (χ3n) is 8.28. The van der Waals surface area contributed by atoms with Gasteiger partial charge < -0.3 is 34.6 Å². The van der Waals surface area contributed by atoms with Gasteiger partial charge in [-0.1, -0.05) is 48.5 Å². The van der Waals surface area contributed by atoms with Crippen LogP contribution < -0.4 is 34.6 Å². The van der Waals surface area contributed by atoms with Crippen LogP contribution in [0.3, 0.4) is 0 Å². The Morgan fingerprint density at radius 1 is 0.913 bits per heavy atom. The summed E-state index contributed by atoms with van der Waals surface area (Å²) in [7, 11) is 6.12. The van der Waals surface area contributed by atoms with Gasteiger partial charge in [-0.05, 0) is 67.1 Å². The molecule has 4 aromatic rings. The van der Waals surface area contributed by atoms with Crippen molar-refractivity contribution in [2.24, 2.45) is 0 Å². The standard InChI is InChI=1S/C35H38N4O6.ClH/c1-21-15-16-23-11-7-8-12-25(23)26(21)19-38-28-13-9-10-14-29(28)39(20-27(35(38)42)37-33(40)22(2)36-3)34(41)24-17-30(43-4)32(45-6)31(18-24)44-5;/h7-18,22,27,36H,19-20H2,1-6H3,(H,37,40);1H/t22-,27-;/m0./s1. The van der Waals surface area contributed by atoms with Gasteiger partial charge in [0.05, 0.1) is 51.8 Å². The van der Waals surface area contributed by atoms with Gasteiger partial charge in [-0.3, -0.25) is 14.4 Å². The molecule has 1 aliphatic rings. The predicted molar refractivity (Wildman–Crippen MR) is 182 cm³/mol. The number of hydrogen-bond donors (Lipinski definition) is 2. The number of anilines is 2. The zero-order valence-electron chi connectivity index (χ0n) is 26.7. The molecule has 5 rings (SSSR count). The summed E-state index contributed by atoms with van der Waals surface area (Å²) >= 11 is 0. The van der Waals surface area contributed by atoms with Gasteiger partial charge >= 0.3 is 0 Å². The minimum Gasteiger partial charge on any atom is -0.493 e. The number of amides is 3. The first-order valence-electron chi connectivity index (χ1n) is 14.7. The van der Waals surface area contributed by atoms with E-state index in [-0.39, 0.29) is 42.9 Å². The molecule has 0 unspecified atom stereocenters. The Morgan fingerprint density at radius 3 is 2.17 bits per heavy atom. The van der Waals surface area contributed by atoms with E-state index >= 15 is 0 Å². The fourth-order valence-corrected chi connectivity index (χ4v) is 5.65. The topological polar surface area (TPSA) is 109 Å². The number of fused-ring (bicyclic) bond motifs is 2. The molecule has 2 atom stereocenters. The Morgan fingerprint density at radius 2 is 1.54 bits per heavy atom. The molecule has 2 N–H and O–H groups in total. The lowest BCUT2D eigenvalue weighted by Crippen LogP contribution is -2.55. The number of ether oxygens (including phenoxy) is 3. The number of rotatable bonds is 9. The number of benzene rings is 4. The number of hydrogen-bond acceptors (Lipinski definition) is 7. The summed E-state index contributed by atoms with van der Waals surface area (Å²) in [6.07, 6.45) is 0. The van der Waals surface area contributed by atoms with Crippen molar-refractivity contribution in [2.75, 3.05) is 44.7 Å². The highest BCUT2D eigenvalue weighted by molar-refractivity contribution is 6.13. The molecule has 0 saturated heterocycles. The van der Waals surface area contributed by atoms with Crippen LogP contribution in [-0.4, -0.2) is 64.7 Å². The van der Waals surface area contributed by atoms with Gasteiger partial charge in [0.25, 0.3) is 11.8 Å². The van der Waals surface area contributed by atoms with Crippen LogP contribution >= 0.6 is 12.4 Å². The van der Waals surface area contributed by atoms with Crippen molar-refractivity contribution < 1.29 is 28.6 Å². The lowest BCUT2D eigenvalue weighted by atomic mass is 9.99. The van der Waals surface area contributed by atoms with E-state index < -0.39 is 18.0 Å². The molecule has 10 nitrogen and oxygen atoms in total. The first-order valence-corrected chi connectivity index (χ1v) is 14.7. The number of carbonyl (C=O) groups is 3. The number of likely N-dealkylation sites (N-methyl/N-ethyl adjacent to an activating group) is 1. The summed E-state index contributed by atoms with van der Waals surface area (Å²) in [5.41, 5.74) is 3.35. The van der Waals surface area contributed by atoms with Crippen molar-refractivity contribution in [1.29, 1.82) is 0 Å². The van der Waals surface area contributed by atoms with E-state index in [2.05, 4.69) is 16.7 Å². The Labute approximate surface area is 275 Å². The highest BCUT2D eigenvalue weighted by Crippen LogP contribution is 2.40. The van der Waals surface area contributed by atoms with Crippen LogP contribution in [-0.2, 0) is 16.1 Å². The molecule has 1 heterocycles. The summed E-state index contributed by atoms with van der Waals surface area (Å²) in [5, 5.41) is 7.91. The lowest BCUT2D eigenvalue weighted by molar-refractivity contribution is -0.128. The van der Waals surface area contributed by atoms with E-state index in [1.807, 2.05) is 61.5 Å². The van der Waals surface area contributed by atoms with Crippen molar-refractivity contribution in [2.45, 2.75) is 32.5 Å². The molecule has 0 radical (unpaired) electrons. The van der Waals surface area contributed by atoms with E-state index in [0.717, 1.165) is 21.9 Å². The van der Waals surface area contributed by atoms with E-state index in [1.54, 1.807) is 31.0 Å². The third kappa shape index (κ3) is 6.45. The van der Waals surface area contributed by atoms with Crippen molar-refractivity contribution in [3.05, 3.63) is 89.5 Å². The van der Waals surface area contributed by atoms with E-state index in [9.17, 15) is 14.4 Å². The van der Waals surface area contributed by atoms with Crippen molar-refractivity contribution in [1.82, 2.24) is 10.6 Å². The maximum atomic E-state index is 14.5. The second-order valence-electron chi connectivity index (χ2n) is 10.9. The van der Waals surface area contributed by atoms with Gasteiger partial charge in [-0.2, -0.15) is 0 Å². The maximum absolute atomic E-state index is 14.5. The summed E-state index contributed by atoms with van der Waals surface area (Å²) < 4.78 is 16.5. The number of para-hydroxylation sites is 2. The summed E-state index contributed by atoms with van der Waals surface area (Å²) in [6.45, 7) is 3.87. The van der Waals surface area contributed by atoms with Crippen LogP contribution in [0.4, 0.5) is 11.4 Å². The van der Waals surface area contributed by atoms with E-state index in [1.165, 1.54) is 26.2 Å². The number of carbonyl (C=O) groups excluding carboxylic acids is 3. The highest BCUT2D eigenvalue weighted by Gasteiger charge is 2.38. The molecule has 0 saturated carbocycles. The van der Waals surface area contributed by atoms with E-state index in [4.69, 9.17) is 14.2 Å². The van der Waals surface area contributed by atoms with Crippen LogP contribution in [0.25, 0.3) is 10.8 Å². The maximum Gasteiger partial charge on any atom is 0.258 e. The number of aryl methyl sites for hydroxylation is 1. The fourth-order valence-electron chi connectivity index (χ4n) is 5.65. The van der Waals surface area contributed by atoms with Gasteiger partial charge in [0, 0.05) is 5.56 Å². The third-order valence-corrected chi connectivity index (χ3v) is 8.28. The molecule has 0 aliphatic carbocycles. The van der Waals surface area contributed by atoms with Gasteiger partial charge in [0.15, 0.2) is 11.5 Å². The van der Waals surface area contributed by atoms with Gasteiger partial charge in [-0.15, -0.1) is 12.4 Å². The SMILES string of the molecule is CN[C@@H](C)C(=O)N[C@H]1CN(C(=O)c2cc(OC)c(OC)c(OC)c2)c2ccccc2N(Cc2c(C)ccc3ccccc23)C1=O.Cl. The molecular weight excluding hydrogens is 608 g/mol. The van der Waals surface area contributed by atoms with Gasteiger partial charge in [-0.25, -0.2) is 0 Å². The molecule has 11 heteroatoms. The lowest BCUT2D eigenvalue weighted by Gasteiger charge is -2.27. The summed E-state index contributed by atoms with van der Waals surface area (Å²) in [5.74, 6) is -0.0976. The minimum absolute atomic E-state index is 0. The average molecular weight is 647 g/mol. The Hall–Kier alpha value is -4.80. The predicted octanol–water partition coefficient (Wildman–Crippen LogP) is 4.88. The molecule has 0 bridgehead atoms. The van der Waals surface area contributed by atoms with Gasteiger partial charge in [0.1, 0.15) is 6.04 Å². The molecular formula is C35H39ClN4O6. The quantitative estimate of drug-likeness (QED) is 0.267. The Balaban J connectivity index is 0.00000480. The van der Waals surface area contributed by atoms with Crippen molar-refractivity contribution >= 4 is 52.3 Å². The number of nitrogens with zero attached hydrogens (tertiary/aromatic N) is 2. The van der Waals surface area contributed by atoms with Crippen LogP contribution in [0.2, 0.25) is 0 Å². The summed E-state index contributed by atoms with van der Waals surface area (Å²) in [4.78, 5) is 45.2. The van der Waals surface area contributed by atoms with E-state index in [0.29, 0.717) is 28.6 Å². The van der Waals surface area contributed by atoms with Crippen molar-refractivity contribution in [3.8, 4) is 17.2 Å². The molecule has 0 fully saturated rings. The zero-order chi connectivity index (χ0) is 32.2. The first-order chi connectivity index (χ1) is 21.7.